The van der Waals surface area contributed by atoms with Gasteiger partial charge in [0.25, 0.3) is 0 Å². The summed E-state index contributed by atoms with van der Waals surface area (Å²) in [6.45, 7) is 9.56. The number of nitrogens with zero attached hydrogens (tertiary/aromatic N) is 2. The maximum atomic E-state index is 5.68. The second-order valence-corrected chi connectivity index (χ2v) is 6.21. The third-order valence-electron chi connectivity index (χ3n) is 3.80. The van der Waals surface area contributed by atoms with Gasteiger partial charge in [-0.2, -0.15) is 5.10 Å². The van der Waals surface area contributed by atoms with Gasteiger partial charge < -0.3 is 10.1 Å². The minimum Gasteiger partial charge on any atom is -0.380 e. The highest BCUT2D eigenvalue weighted by Gasteiger charge is 2.26. The smallest absolute Gasteiger partial charge is 0.0766 e. The number of hydrogen-bond donors (Lipinski definition) is 1. The lowest BCUT2D eigenvalue weighted by Gasteiger charge is -2.29. The molecule has 0 bridgehead atoms. The Morgan fingerprint density at radius 2 is 2.00 bits per heavy atom. The SMILES string of the molecule is CCc1nn(CC)c(CC(NC)C(OC)C(C)C)c1Br. The Morgan fingerprint density at radius 3 is 2.40 bits per heavy atom. The van der Waals surface area contributed by atoms with Gasteiger partial charge in [0.1, 0.15) is 0 Å². The molecule has 0 aliphatic carbocycles. The molecule has 0 aromatic carbocycles. The van der Waals surface area contributed by atoms with Gasteiger partial charge in [0, 0.05) is 26.1 Å². The molecular formula is C15H28BrN3O. The molecule has 1 heterocycles. The number of nitrogens with one attached hydrogen (secondary N) is 1. The second kappa shape index (κ2) is 8.15. The van der Waals surface area contributed by atoms with Crippen LogP contribution in [-0.2, 0) is 24.1 Å². The van der Waals surface area contributed by atoms with Crippen molar-refractivity contribution in [2.75, 3.05) is 14.2 Å². The van der Waals surface area contributed by atoms with Crippen LogP contribution in [0.2, 0.25) is 0 Å². The standard InChI is InChI=1S/C15H28BrN3O/c1-7-11-14(16)13(19(8-2)18-11)9-12(17-5)15(20-6)10(3)4/h10,12,15,17H,7-9H2,1-6H3. The van der Waals surface area contributed by atoms with Crippen molar-refractivity contribution >= 4 is 15.9 Å². The lowest BCUT2D eigenvalue weighted by Crippen LogP contribution is -2.44. The number of hydrogen-bond acceptors (Lipinski definition) is 3. The Kier molecular flexibility index (Phi) is 7.20. The zero-order chi connectivity index (χ0) is 15.3. The summed E-state index contributed by atoms with van der Waals surface area (Å²) in [5.74, 6) is 0.472. The van der Waals surface area contributed by atoms with E-state index >= 15 is 0 Å². The van der Waals surface area contributed by atoms with Crippen LogP contribution in [0.15, 0.2) is 4.47 Å². The first-order chi connectivity index (χ1) is 9.49. The minimum absolute atomic E-state index is 0.192. The Hall–Kier alpha value is -0.390. The van der Waals surface area contributed by atoms with Gasteiger partial charge in [-0.15, -0.1) is 0 Å². The molecule has 1 N–H and O–H groups in total. The highest BCUT2D eigenvalue weighted by atomic mass is 79.9. The number of methoxy groups -OCH3 is 1. The van der Waals surface area contributed by atoms with Crippen LogP contribution in [0.5, 0.6) is 0 Å². The van der Waals surface area contributed by atoms with Crippen LogP contribution in [0.1, 0.15) is 39.1 Å². The molecule has 0 aliphatic heterocycles. The lowest BCUT2D eigenvalue weighted by atomic mass is 9.95. The highest BCUT2D eigenvalue weighted by Crippen LogP contribution is 2.25. The molecule has 0 aliphatic rings. The van der Waals surface area contributed by atoms with Crippen molar-refractivity contribution in [2.24, 2.45) is 5.92 Å². The number of ether oxygens (including phenoxy) is 1. The highest BCUT2D eigenvalue weighted by molar-refractivity contribution is 9.10. The van der Waals surface area contributed by atoms with Crippen molar-refractivity contribution < 1.29 is 4.74 Å². The summed E-state index contributed by atoms with van der Waals surface area (Å²) in [4.78, 5) is 0. The first-order valence-electron chi connectivity index (χ1n) is 7.44. The van der Waals surface area contributed by atoms with Gasteiger partial charge in [0.15, 0.2) is 0 Å². The molecule has 116 valence electrons. The normalized spacial score (nSPS) is 14.8. The number of aromatic nitrogens is 2. The van der Waals surface area contributed by atoms with Crippen LogP contribution < -0.4 is 5.32 Å². The number of likely N-dealkylation sites (N-methyl/N-ethyl adjacent to an activating group) is 1. The molecular weight excluding hydrogens is 318 g/mol. The van der Waals surface area contributed by atoms with Crippen molar-refractivity contribution in [1.29, 1.82) is 0 Å². The number of aryl methyl sites for hydroxylation is 2. The van der Waals surface area contributed by atoms with Crippen LogP contribution in [0.4, 0.5) is 0 Å². The summed E-state index contributed by atoms with van der Waals surface area (Å²) < 4.78 is 8.93. The number of rotatable bonds is 8. The van der Waals surface area contributed by atoms with Crippen molar-refractivity contribution in [3.8, 4) is 0 Å². The van der Waals surface area contributed by atoms with E-state index in [9.17, 15) is 0 Å². The van der Waals surface area contributed by atoms with Gasteiger partial charge in [0.05, 0.1) is 22.0 Å². The molecule has 20 heavy (non-hydrogen) atoms. The molecule has 5 heteroatoms. The van der Waals surface area contributed by atoms with E-state index in [1.807, 2.05) is 7.05 Å². The third-order valence-corrected chi connectivity index (χ3v) is 4.72. The van der Waals surface area contributed by atoms with E-state index < -0.39 is 0 Å². The van der Waals surface area contributed by atoms with Gasteiger partial charge in [0.2, 0.25) is 0 Å². The van der Waals surface area contributed by atoms with E-state index in [0.717, 1.165) is 29.6 Å². The van der Waals surface area contributed by atoms with Gasteiger partial charge in [-0.1, -0.05) is 20.8 Å². The molecule has 0 saturated carbocycles. The van der Waals surface area contributed by atoms with Gasteiger partial charge in [-0.05, 0) is 42.2 Å². The van der Waals surface area contributed by atoms with Crippen LogP contribution in [0.3, 0.4) is 0 Å². The van der Waals surface area contributed by atoms with Gasteiger partial charge >= 0.3 is 0 Å². The van der Waals surface area contributed by atoms with E-state index in [1.165, 1.54) is 5.69 Å². The molecule has 0 spiro atoms. The third kappa shape index (κ3) is 3.83. The van der Waals surface area contributed by atoms with Crippen LogP contribution in [0, 0.1) is 5.92 Å². The molecule has 1 aromatic heterocycles. The summed E-state index contributed by atoms with van der Waals surface area (Å²) in [7, 11) is 3.79. The molecule has 1 rings (SSSR count). The van der Waals surface area contributed by atoms with Crippen molar-refractivity contribution in [3.63, 3.8) is 0 Å². The van der Waals surface area contributed by atoms with E-state index in [4.69, 9.17) is 4.74 Å². The number of halogens is 1. The Balaban J connectivity index is 3.03. The minimum atomic E-state index is 0.192. The van der Waals surface area contributed by atoms with Crippen molar-refractivity contribution in [3.05, 3.63) is 15.9 Å². The molecule has 2 atom stereocenters. The van der Waals surface area contributed by atoms with E-state index in [2.05, 4.69) is 58.7 Å². The Bertz CT molecular complexity index is 417. The lowest BCUT2D eigenvalue weighted by molar-refractivity contribution is 0.0348. The monoisotopic (exact) mass is 345 g/mol. The molecule has 0 fully saturated rings. The van der Waals surface area contributed by atoms with Crippen LogP contribution >= 0.6 is 15.9 Å². The topological polar surface area (TPSA) is 39.1 Å². The fraction of sp³-hybridized carbons (Fsp3) is 0.800. The quantitative estimate of drug-likeness (QED) is 0.786. The Morgan fingerprint density at radius 1 is 1.35 bits per heavy atom. The largest absolute Gasteiger partial charge is 0.380 e. The fourth-order valence-electron chi connectivity index (χ4n) is 2.70. The summed E-state index contributed by atoms with van der Waals surface area (Å²) in [6.07, 6.45) is 2.05. The molecule has 2 unspecified atom stereocenters. The van der Waals surface area contributed by atoms with E-state index in [-0.39, 0.29) is 12.1 Å². The van der Waals surface area contributed by atoms with Crippen LogP contribution in [0.25, 0.3) is 0 Å². The fourth-order valence-corrected chi connectivity index (χ4v) is 3.43. The zero-order valence-electron chi connectivity index (χ0n) is 13.5. The van der Waals surface area contributed by atoms with Crippen LogP contribution in [-0.4, -0.2) is 36.1 Å². The average Bonchev–Trinajstić information content (AvgIpc) is 2.74. The summed E-state index contributed by atoms with van der Waals surface area (Å²) >= 11 is 3.72. The summed E-state index contributed by atoms with van der Waals surface area (Å²) in [6, 6.07) is 0.281. The van der Waals surface area contributed by atoms with E-state index in [1.54, 1.807) is 7.11 Å². The predicted octanol–water partition coefficient (Wildman–Crippen LogP) is 3.03. The molecule has 1 aromatic rings. The van der Waals surface area contributed by atoms with Gasteiger partial charge in [-0.3, -0.25) is 4.68 Å². The van der Waals surface area contributed by atoms with E-state index in [0.29, 0.717) is 5.92 Å². The molecule has 0 amide bonds. The average molecular weight is 346 g/mol. The molecule has 0 saturated heterocycles. The van der Waals surface area contributed by atoms with Gasteiger partial charge in [-0.25, -0.2) is 0 Å². The second-order valence-electron chi connectivity index (χ2n) is 5.42. The van der Waals surface area contributed by atoms with Crippen molar-refractivity contribution in [2.45, 2.75) is 59.2 Å². The summed E-state index contributed by atoms with van der Waals surface area (Å²) in [5.41, 5.74) is 2.39. The molecule has 4 nitrogen and oxygen atoms in total. The maximum absolute atomic E-state index is 5.68. The van der Waals surface area contributed by atoms with Crippen molar-refractivity contribution in [1.82, 2.24) is 15.1 Å². The zero-order valence-corrected chi connectivity index (χ0v) is 15.1. The first-order valence-corrected chi connectivity index (χ1v) is 8.23. The predicted molar refractivity (Wildman–Crippen MR) is 87.2 cm³/mol. The summed E-state index contributed by atoms with van der Waals surface area (Å²) in [5, 5.41) is 8.07. The maximum Gasteiger partial charge on any atom is 0.0766 e. The molecule has 0 radical (unpaired) electrons. The Labute approximate surface area is 131 Å². The first kappa shape index (κ1) is 17.7.